The van der Waals surface area contributed by atoms with Gasteiger partial charge in [-0.25, -0.2) is 8.78 Å². The van der Waals surface area contributed by atoms with Crippen molar-refractivity contribution in [2.45, 2.75) is 31.2 Å². The number of nitrogens with two attached hydrogens (primary N) is 1. The van der Waals surface area contributed by atoms with Crippen molar-refractivity contribution < 1.29 is 8.78 Å². The first-order chi connectivity index (χ1) is 15.6. The molecule has 3 aromatic carbocycles. The molecule has 0 radical (unpaired) electrons. The van der Waals surface area contributed by atoms with Gasteiger partial charge in [-0.15, -0.1) is 0 Å². The second-order valence-corrected chi connectivity index (χ2v) is 8.33. The van der Waals surface area contributed by atoms with Crippen molar-refractivity contribution in [1.29, 1.82) is 0 Å². The molecule has 4 aromatic rings. The zero-order valence-electron chi connectivity index (χ0n) is 18.0. The summed E-state index contributed by atoms with van der Waals surface area (Å²) in [5.74, 6) is -0.409. The molecule has 32 heavy (non-hydrogen) atoms. The van der Waals surface area contributed by atoms with E-state index in [9.17, 15) is 8.78 Å². The fourth-order valence-electron chi connectivity index (χ4n) is 4.29. The highest BCUT2D eigenvalue weighted by atomic mass is 19.1. The molecule has 0 aliphatic rings. The highest BCUT2D eigenvalue weighted by Gasteiger charge is 2.15. The minimum atomic E-state index is -0.252. The molecule has 4 N–H and O–H groups in total. The highest BCUT2D eigenvalue weighted by molar-refractivity contribution is 5.83. The minimum absolute atomic E-state index is 0.0270. The number of aromatic amines is 1. The Morgan fingerprint density at radius 3 is 2.12 bits per heavy atom. The number of halogens is 2. The van der Waals surface area contributed by atoms with Crippen LogP contribution in [-0.4, -0.2) is 24.1 Å². The minimum Gasteiger partial charge on any atom is -0.361 e. The molecule has 0 aliphatic heterocycles. The molecule has 0 saturated carbocycles. The van der Waals surface area contributed by atoms with Gasteiger partial charge in [-0.05, 0) is 72.8 Å². The molecule has 0 amide bonds. The van der Waals surface area contributed by atoms with E-state index in [-0.39, 0.29) is 23.6 Å². The van der Waals surface area contributed by atoms with Crippen LogP contribution in [0.2, 0.25) is 0 Å². The van der Waals surface area contributed by atoms with Gasteiger partial charge in [-0.1, -0.05) is 42.5 Å². The average Bonchev–Trinajstić information content (AvgIpc) is 3.21. The molecule has 1 aromatic heterocycles. The molecule has 0 unspecified atom stereocenters. The number of hydrogen-bond acceptors (Lipinski definition) is 2. The fourth-order valence-corrected chi connectivity index (χ4v) is 4.29. The van der Waals surface area contributed by atoms with E-state index in [0.717, 1.165) is 49.0 Å². The Bertz CT molecular complexity index is 1070. The van der Waals surface area contributed by atoms with Crippen LogP contribution < -0.4 is 11.1 Å². The van der Waals surface area contributed by atoms with Gasteiger partial charge in [0.1, 0.15) is 11.6 Å². The molecule has 166 valence electrons. The van der Waals surface area contributed by atoms with Crippen molar-refractivity contribution in [3.05, 3.63) is 107 Å². The normalized spacial score (nSPS) is 12.5. The highest BCUT2D eigenvalue weighted by Crippen LogP contribution is 2.29. The number of para-hydroxylation sites is 1. The van der Waals surface area contributed by atoms with Crippen molar-refractivity contribution in [2.75, 3.05) is 13.1 Å². The van der Waals surface area contributed by atoms with Crippen LogP contribution in [0.1, 0.15) is 35.4 Å². The van der Waals surface area contributed by atoms with Crippen LogP contribution in [0, 0.1) is 11.6 Å². The summed E-state index contributed by atoms with van der Waals surface area (Å²) in [7, 11) is 0. The molecule has 0 aliphatic carbocycles. The second kappa shape index (κ2) is 10.5. The summed E-state index contributed by atoms with van der Waals surface area (Å²) in [6, 6.07) is 21.5. The van der Waals surface area contributed by atoms with Crippen LogP contribution in [0.4, 0.5) is 8.78 Å². The third kappa shape index (κ3) is 5.61. The molecule has 5 heteroatoms. The largest absolute Gasteiger partial charge is 0.361 e. The fraction of sp³-hybridized carbons (Fsp3) is 0.259. The number of benzene rings is 3. The van der Waals surface area contributed by atoms with Gasteiger partial charge in [0.05, 0.1) is 0 Å². The summed E-state index contributed by atoms with van der Waals surface area (Å²) in [5.41, 5.74) is 10.8. The molecule has 0 spiro atoms. The van der Waals surface area contributed by atoms with E-state index >= 15 is 0 Å². The van der Waals surface area contributed by atoms with Crippen LogP contribution in [0.25, 0.3) is 10.9 Å². The van der Waals surface area contributed by atoms with Crippen molar-refractivity contribution in [2.24, 2.45) is 5.73 Å². The molecule has 0 fully saturated rings. The van der Waals surface area contributed by atoms with Crippen LogP contribution in [0.5, 0.6) is 0 Å². The smallest absolute Gasteiger partial charge is 0.123 e. The third-order valence-corrected chi connectivity index (χ3v) is 5.95. The van der Waals surface area contributed by atoms with Crippen molar-refractivity contribution in [3.8, 4) is 0 Å². The van der Waals surface area contributed by atoms with E-state index in [1.807, 2.05) is 42.6 Å². The van der Waals surface area contributed by atoms with Crippen LogP contribution in [0.3, 0.4) is 0 Å². The summed E-state index contributed by atoms with van der Waals surface area (Å²) in [5, 5.41) is 4.69. The lowest BCUT2D eigenvalue weighted by Gasteiger charge is -2.19. The summed E-state index contributed by atoms with van der Waals surface area (Å²) in [4.78, 5) is 3.30. The van der Waals surface area contributed by atoms with Gasteiger partial charge in [0.15, 0.2) is 0 Å². The zero-order valence-corrected chi connectivity index (χ0v) is 18.0. The number of H-pyrrole nitrogens is 1. The molecule has 1 atom stereocenters. The predicted octanol–water partition coefficient (Wildman–Crippen LogP) is 5.52. The number of aromatic nitrogens is 1. The molecular weight excluding hydrogens is 404 g/mol. The Hall–Kier alpha value is -3.02. The Morgan fingerprint density at radius 1 is 0.844 bits per heavy atom. The standard InChI is InChI=1S/C27H29F2N3/c28-22-11-7-19(8-12-22)25(20-9-13-23(29)14-10-20)5-3-15-31-18-24(30)16-21-17-32-27-6-2-1-4-26(21)27/h1-2,4,6-14,17,24-25,31-32H,3,5,15-16,18,30H2/t24-/m0/s1. The monoisotopic (exact) mass is 433 g/mol. The first-order valence-corrected chi connectivity index (χ1v) is 11.1. The molecule has 4 rings (SSSR count). The van der Waals surface area contributed by atoms with Crippen LogP contribution in [-0.2, 0) is 6.42 Å². The van der Waals surface area contributed by atoms with E-state index in [4.69, 9.17) is 5.73 Å². The molecule has 1 heterocycles. The first kappa shape index (κ1) is 22.2. The van der Waals surface area contributed by atoms with Crippen LogP contribution in [0.15, 0.2) is 79.0 Å². The van der Waals surface area contributed by atoms with Crippen molar-refractivity contribution >= 4 is 10.9 Å². The van der Waals surface area contributed by atoms with Gasteiger partial charge in [0.2, 0.25) is 0 Å². The van der Waals surface area contributed by atoms with Gasteiger partial charge in [0.25, 0.3) is 0 Å². The Morgan fingerprint density at radius 2 is 1.47 bits per heavy atom. The number of fused-ring (bicyclic) bond motifs is 1. The van der Waals surface area contributed by atoms with E-state index in [0.29, 0.717) is 0 Å². The zero-order chi connectivity index (χ0) is 22.3. The summed E-state index contributed by atoms with van der Waals surface area (Å²) >= 11 is 0. The van der Waals surface area contributed by atoms with Gasteiger partial charge in [-0.3, -0.25) is 0 Å². The third-order valence-electron chi connectivity index (χ3n) is 5.95. The van der Waals surface area contributed by atoms with Gasteiger partial charge in [-0.2, -0.15) is 0 Å². The lowest BCUT2D eigenvalue weighted by molar-refractivity contribution is 0.542. The van der Waals surface area contributed by atoms with E-state index in [1.54, 1.807) is 0 Å². The van der Waals surface area contributed by atoms with Crippen molar-refractivity contribution in [1.82, 2.24) is 10.3 Å². The molecular formula is C27H29F2N3. The van der Waals surface area contributed by atoms with E-state index in [1.165, 1.54) is 35.2 Å². The maximum absolute atomic E-state index is 13.4. The number of hydrogen-bond donors (Lipinski definition) is 3. The number of rotatable bonds is 10. The SMILES string of the molecule is N[C@H](CNCCCC(c1ccc(F)cc1)c1ccc(F)cc1)Cc1c[nH]c2ccccc12. The molecule has 0 bridgehead atoms. The van der Waals surface area contributed by atoms with E-state index in [2.05, 4.69) is 22.4 Å². The quantitative estimate of drug-likeness (QED) is 0.289. The van der Waals surface area contributed by atoms with Gasteiger partial charge >= 0.3 is 0 Å². The molecule has 3 nitrogen and oxygen atoms in total. The maximum atomic E-state index is 13.4. The summed E-state index contributed by atoms with van der Waals surface area (Å²) in [6.45, 7) is 1.57. The maximum Gasteiger partial charge on any atom is 0.123 e. The lowest BCUT2D eigenvalue weighted by Crippen LogP contribution is -2.36. The second-order valence-electron chi connectivity index (χ2n) is 8.33. The Labute approximate surface area is 187 Å². The Kier molecular flexibility index (Phi) is 7.30. The van der Waals surface area contributed by atoms with Crippen LogP contribution >= 0.6 is 0 Å². The number of nitrogens with one attached hydrogen (secondary N) is 2. The first-order valence-electron chi connectivity index (χ1n) is 11.1. The topological polar surface area (TPSA) is 53.8 Å². The summed E-state index contributed by atoms with van der Waals surface area (Å²) < 4.78 is 26.8. The van der Waals surface area contributed by atoms with E-state index < -0.39 is 0 Å². The summed E-state index contributed by atoms with van der Waals surface area (Å²) in [6.07, 6.45) is 4.66. The van der Waals surface area contributed by atoms with Gasteiger partial charge < -0.3 is 16.0 Å². The predicted molar refractivity (Wildman–Crippen MR) is 127 cm³/mol. The average molecular weight is 434 g/mol. The molecule has 0 saturated heterocycles. The lowest BCUT2D eigenvalue weighted by atomic mass is 9.87. The van der Waals surface area contributed by atoms with Gasteiger partial charge in [0, 0.05) is 35.6 Å². The van der Waals surface area contributed by atoms with Crippen molar-refractivity contribution in [3.63, 3.8) is 0 Å². The Balaban J connectivity index is 1.29.